The Morgan fingerprint density at radius 3 is 2.35 bits per heavy atom. The lowest BCUT2D eigenvalue weighted by Gasteiger charge is -2.16. The molecule has 0 bridgehead atoms. The zero-order valence-electron chi connectivity index (χ0n) is 12.2. The van der Waals surface area contributed by atoms with Crippen LogP contribution in [0, 0.1) is 5.92 Å². The summed E-state index contributed by atoms with van der Waals surface area (Å²) < 4.78 is 0. The molecule has 0 unspecified atom stereocenters. The summed E-state index contributed by atoms with van der Waals surface area (Å²) in [6.07, 6.45) is 0. The summed E-state index contributed by atoms with van der Waals surface area (Å²) >= 11 is 0. The van der Waals surface area contributed by atoms with Gasteiger partial charge in [0.25, 0.3) is 5.91 Å². The van der Waals surface area contributed by atoms with Crippen molar-refractivity contribution in [1.29, 1.82) is 0 Å². The van der Waals surface area contributed by atoms with Crippen LogP contribution >= 0.6 is 12.4 Å². The highest BCUT2D eigenvalue weighted by atomic mass is 35.5. The number of nitrogens with zero attached hydrogens (tertiary/aromatic N) is 1. The van der Waals surface area contributed by atoms with E-state index >= 15 is 0 Å². The Balaban J connectivity index is 0.00000361. The van der Waals surface area contributed by atoms with Crippen LogP contribution in [0.1, 0.15) is 24.2 Å². The van der Waals surface area contributed by atoms with E-state index in [0.717, 1.165) is 0 Å². The molecule has 112 valence electrons. The fraction of sp³-hybridized carbons (Fsp3) is 0.429. The summed E-state index contributed by atoms with van der Waals surface area (Å²) in [4.78, 5) is 25.1. The number of nitrogens with one attached hydrogen (secondary N) is 1. The van der Waals surface area contributed by atoms with Crippen LogP contribution in [0.15, 0.2) is 24.3 Å². The van der Waals surface area contributed by atoms with E-state index in [1.165, 1.54) is 4.90 Å². The number of hydrogen-bond donors (Lipinski definition) is 2. The van der Waals surface area contributed by atoms with Crippen LogP contribution in [-0.4, -0.2) is 36.9 Å². The van der Waals surface area contributed by atoms with Crippen molar-refractivity contribution < 1.29 is 9.59 Å². The average molecular weight is 300 g/mol. The third-order valence-corrected chi connectivity index (χ3v) is 2.80. The monoisotopic (exact) mass is 299 g/mol. The van der Waals surface area contributed by atoms with Gasteiger partial charge >= 0.3 is 0 Å². The van der Waals surface area contributed by atoms with Crippen LogP contribution in [0.3, 0.4) is 0 Å². The molecule has 0 heterocycles. The lowest BCUT2D eigenvalue weighted by molar-refractivity contribution is -0.118. The van der Waals surface area contributed by atoms with Gasteiger partial charge in [-0.3, -0.25) is 9.59 Å². The highest BCUT2D eigenvalue weighted by Crippen LogP contribution is 2.13. The molecule has 1 rings (SSSR count). The Kier molecular flexibility index (Phi) is 7.24. The van der Waals surface area contributed by atoms with E-state index in [1.807, 2.05) is 13.8 Å². The van der Waals surface area contributed by atoms with Crippen molar-refractivity contribution in [3.8, 4) is 0 Å². The van der Waals surface area contributed by atoms with E-state index in [0.29, 0.717) is 11.3 Å². The number of rotatable bonds is 4. The smallest absolute Gasteiger partial charge is 0.253 e. The molecule has 1 atom stereocenters. The SMILES string of the molecule is CC(C)[C@H](N)C(=O)Nc1cccc(C(=O)N(C)C)c1.Cl. The molecule has 0 spiro atoms. The lowest BCUT2D eigenvalue weighted by Crippen LogP contribution is -2.39. The maximum absolute atomic E-state index is 11.8. The van der Waals surface area contributed by atoms with Gasteiger partial charge in [0.1, 0.15) is 0 Å². The molecule has 0 radical (unpaired) electrons. The van der Waals surface area contributed by atoms with E-state index in [4.69, 9.17) is 5.73 Å². The maximum atomic E-state index is 11.8. The molecule has 20 heavy (non-hydrogen) atoms. The number of carbonyl (C=O) groups is 2. The zero-order valence-corrected chi connectivity index (χ0v) is 13.0. The van der Waals surface area contributed by atoms with E-state index in [9.17, 15) is 9.59 Å². The molecule has 3 N–H and O–H groups in total. The van der Waals surface area contributed by atoms with Gasteiger partial charge in [0, 0.05) is 25.3 Å². The Morgan fingerprint density at radius 1 is 1.25 bits per heavy atom. The van der Waals surface area contributed by atoms with Crippen LogP contribution in [-0.2, 0) is 4.79 Å². The van der Waals surface area contributed by atoms with Crippen LogP contribution in [0.5, 0.6) is 0 Å². The highest BCUT2D eigenvalue weighted by Gasteiger charge is 2.17. The highest BCUT2D eigenvalue weighted by molar-refractivity contribution is 5.98. The standard InChI is InChI=1S/C14H21N3O2.ClH/c1-9(2)12(15)13(18)16-11-7-5-6-10(8-11)14(19)17(3)4;/h5-9,12H,15H2,1-4H3,(H,16,18);1H/t12-;/m0./s1. The predicted molar refractivity (Wildman–Crippen MR) is 83.2 cm³/mol. The first-order valence-corrected chi connectivity index (χ1v) is 6.21. The first kappa shape index (κ1) is 18.4. The van der Waals surface area contributed by atoms with Crippen molar-refractivity contribution in [3.63, 3.8) is 0 Å². The van der Waals surface area contributed by atoms with Crippen molar-refractivity contribution in [2.45, 2.75) is 19.9 Å². The van der Waals surface area contributed by atoms with Gasteiger partial charge in [-0.15, -0.1) is 12.4 Å². The van der Waals surface area contributed by atoms with Crippen LogP contribution in [0.4, 0.5) is 5.69 Å². The second-order valence-electron chi connectivity index (χ2n) is 5.04. The van der Waals surface area contributed by atoms with Crippen LogP contribution in [0.25, 0.3) is 0 Å². The first-order valence-electron chi connectivity index (χ1n) is 6.21. The molecule has 0 fully saturated rings. The largest absolute Gasteiger partial charge is 0.345 e. The third kappa shape index (κ3) is 4.83. The number of amides is 2. The fourth-order valence-corrected chi connectivity index (χ4v) is 1.52. The molecule has 2 amide bonds. The lowest BCUT2D eigenvalue weighted by atomic mass is 10.0. The quantitative estimate of drug-likeness (QED) is 0.889. The molecule has 0 aliphatic rings. The van der Waals surface area contributed by atoms with Crippen LogP contribution in [0.2, 0.25) is 0 Å². The molecule has 0 saturated carbocycles. The summed E-state index contributed by atoms with van der Waals surface area (Å²) in [5.41, 5.74) is 6.87. The third-order valence-electron chi connectivity index (χ3n) is 2.80. The van der Waals surface area contributed by atoms with Crippen molar-refractivity contribution in [1.82, 2.24) is 4.90 Å². The van der Waals surface area contributed by atoms with Gasteiger partial charge in [-0.2, -0.15) is 0 Å². The molecule has 1 aromatic rings. The van der Waals surface area contributed by atoms with Gasteiger partial charge in [-0.1, -0.05) is 19.9 Å². The molecule has 0 aliphatic carbocycles. The van der Waals surface area contributed by atoms with Gasteiger partial charge < -0.3 is 16.0 Å². The van der Waals surface area contributed by atoms with Gasteiger partial charge in [0.15, 0.2) is 0 Å². The van der Waals surface area contributed by atoms with Gasteiger partial charge in [0.2, 0.25) is 5.91 Å². The minimum atomic E-state index is -0.562. The first-order chi connectivity index (χ1) is 8.82. The summed E-state index contributed by atoms with van der Waals surface area (Å²) in [5, 5.41) is 2.72. The summed E-state index contributed by atoms with van der Waals surface area (Å²) in [7, 11) is 3.37. The van der Waals surface area contributed by atoms with Crippen molar-refractivity contribution >= 4 is 29.9 Å². The molecule has 0 aliphatic heterocycles. The number of carbonyl (C=O) groups excluding carboxylic acids is 2. The molecule has 0 aromatic heterocycles. The van der Waals surface area contributed by atoms with Gasteiger partial charge in [-0.05, 0) is 24.1 Å². The van der Waals surface area contributed by atoms with E-state index in [2.05, 4.69) is 5.32 Å². The summed E-state index contributed by atoms with van der Waals surface area (Å²) in [5.74, 6) is -0.291. The van der Waals surface area contributed by atoms with Gasteiger partial charge in [-0.25, -0.2) is 0 Å². The Hall–Kier alpha value is -1.59. The Labute approximate surface area is 125 Å². The summed E-state index contributed by atoms with van der Waals surface area (Å²) in [6, 6.07) is 6.26. The topological polar surface area (TPSA) is 75.4 Å². The van der Waals surface area contributed by atoms with E-state index in [-0.39, 0.29) is 30.1 Å². The number of anilines is 1. The van der Waals surface area contributed by atoms with Crippen molar-refractivity contribution in [2.24, 2.45) is 11.7 Å². The predicted octanol–water partition coefficient (Wildman–Crippen LogP) is 1.73. The fourth-order valence-electron chi connectivity index (χ4n) is 1.52. The molecule has 0 saturated heterocycles. The van der Waals surface area contributed by atoms with E-state index in [1.54, 1.807) is 38.4 Å². The molecule has 1 aromatic carbocycles. The second kappa shape index (κ2) is 7.87. The Morgan fingerprint density at radius 2 is 1.85 bits per heavy atom. The minimum absolute atomic E-state index is 0. The van der Waals surface area contributed by atoms with Gasteiger partial charge in [0.05, 0.1) is 6.04 Å². The molecular formula is C14H22ClN3O2. The van der Waals surface area contributed by atoms with Crippen molar-refractivity contribution in [3.05, 3.63) is 29.8 Å². The Bertz CT molecular complexity index is 475. The molecular weight excluding hydrogens is 278 g/mol. The maximum Gasteiger partial charge on any atom is 0.253 e. The number of benzene rings is 1. The van der Waals surface area contributed by atoms with E-state index < -0.39 is 6.04 Å². The molecule has 6 heteroatoms. The second-order valence-corrected chi connectivity index (χ2v) is 5.04. The number of hydrogen-bond acceptors (Lipinski definition) is 3. The number of halogens is 1. The van der Waals surface area contributed by atoms with Crippen molar-refractivity contribution in [2.75, 3.05) is 19.4 Å². The van der Waals surface area contributed by atoms with Crippen LogP contribution < -0.4 is 11.1 Å². The molecule has 5 nitrogen and oxygen atoms in total. The normalized spacial score (nSPS) is 11.5. The average Bonchev–Trinajstić information content (AvgIpc) is 2.36. The zero-order chi connectivity index (χ0) is 14.6. The minimum Gasteiger partial charge on any atom is -0.345 e. The number of nitrogens with two attached hydrogens (primary N) is 1. The summed E-state index contributed by atoms with van der Waals surface area (Å²) in [6.45, 7) is 3.77.